The highest BCUT2D eigenvalue weighted by molar-refractivity contribution is 5.86. The van der Waals surface area contributed by atoms with Gasteiger partial charge in [0.15, 0.2) is 0 Å². The van der Waals surface area contributed by atoms with Crippen molar-refractivity contribution in [2.45, 2.75) is 12.5 Å². The summed E-state index contributed by atoms with van der Waals surface area (Å²) < 4.78 is 7.18. The Kier molecular flexibility index (Phi) is 3.25. The van der Waals surface area contributed by atoms with E-state index in [0.717, 1.165) is 22.2 Å². The van der Waals surface area contributed by atoms with Crippen molar-refractivity contribution in [1.82, 2.24) is 4.57 Å². The largest absolute Gasteiger partial charge is 0.497 e. The van der Waals surface area contributed by atoms with Gasteiger partial charge in [-0.15, -0.1) is 0 Å². The minimum atomic E-state index is -0.401. The van der Waals surface area contributed by atoms with E-state index in [1.54, 1.807) is 7.11 Å². The Balaban J connectivity index is 2.52. The third-order valence-corrected chi connectivity index (χ3v) is 3.05. The minimum absolute atomic E-state index is 0.135. The molecule has 0 fully saturated rings. The summed E-state index contributed by atoms with van der Waals surface area (Å²) in [4.78, 5) is 11.0. The van der Waals surface area contributed by atoms with Gasteiger partial charge in [0.25, 0.3) is 0 Å². The smallest absolute Gasteiger partial charge is 0.219 e. The zero-order valence-electron chi connectivity index (χ0n) is 10.5. The minimum Gasteiger partial charge on any atom is -0.497 e. The number of ether oxygens (including phenoxy) is 1. The summed E-state index contributed by atoms with van der Waals surface area (Å²) in [6, 6.07) is 5.39. The number of primary amides is 1. The molecular formula is C13H17N3O2. The van der Waals surface area contributed by atoms with Crippen LogP contribution in [-0.4, -0.2) is 17.6 Å². The van der Waals surface area contributed by atoms with Crippen LogP contribution in [0, 0.1) is 0 Å². The summed E-state index contributed by atoms with van der Waals surface area (Å²) >= 11 is 0. The standard InChI is InChI=1S/C13H17N3O2/c1-16-7-10(11(14)6-13(15)17)9-5-8(18-2)3-4-12(9)16/h3-5,7,11H,6,14H2,1-2H3,(H2,15,17). The molecule has 0 saturated heterocycles. The van der Waals surface area contributed by atoms with Gasteiger partial charge in [0.1, 0.15) is 5.75 Å². The number of hydrogen-bond acceptors (Lipinski definition) is 3. The summed E-state index contributed by atoms with van der Waals surface area (Å²) in [5.41, 5.74) is 13.2. The lowest BCUT2D eigenvalue weighted by atomic mass is 10.0. The number of benzene rings is 1. The first-order valence-electron chi connectivity index (χ1n) is 5.69. The van der Waals surface area contributed by atoms with Crippen molar-refractivity contribution in [3.05, 3.63) is 30.0 Å². The van der Waals surface area contributed by atoms with Crippen LogP contribution in [-0.2, 0) is 11.8 Å². The van der Waals surface area contributed by atoms with Crippen LogP contribution in [0.2, 0.25) is 0 Å². The van der Waals surface area contributed by atoms with Gasteiger partial charge in [-0.25, -0.2) is 0 Å². The molecule has 0 aliphatic carbocycles. The van der Waals surface area contributed by atoms with Crippen molar-refractivity contribution in [2.24, 2.45) is 18.5 Å². The van der Waals surface area contributed by atoms with Crippen molar-refractivity contribution in [3.63, 3.8) is 0 Å². The van der Waals surface area contributed by atoms with Gasteiger partial charge in [-0.2, -0.15) is 0 Å². The zero-order chi connectivity index (χ0) is 13.3. The maximum Gasteiger partial charge on any atom is 0.219 e. The first-order chi connectivity index (χ1) is 8.52. The maximum absolute atomic E-state index is 11.0. The number of hydrogen-bond donors (Lipinski definition) is 2. The number of amides is 1. The quantitative estimate of drug-likeness (QED) is 0.847. The van der Waals surface area contributed by atoms with Crippen molar-refractivity contribution in [2.75, 3.05) is 7.11 Å². The molecule has 1 aromatic carbocycles. The van der Waals surface area contributed by atoms with Gasteiger partial charge in [0, 0.05) is 36.6 Å². The second kappa shape index (κ2) is 4.70. The lowest BCUT2D eigenvalue weighted by Crippen LogP contribution is -2.20. The zero-order valence-corrected chi connectivity index (χ0v) is 10.5. The molecule has 4 N–H and O–H groups in total. The molecule has 1 aromatic heterocycles. The van der Waals surface area contributed by atoms with Crippen LogP contribution in [0.1, 0.15) is 18.0 Å². The molecule has 0 saturated carbocycles. The topological polar surface area (TPSA) is 83.3 Å². The van der Waals surface area contributed by atoms with Gasteiger partial charge in [-0.1, -0.05) is 0 Å². The molecule has 18 heavy (non-hydrogen) atoms. The average molecular weight is 247 g/mol. The average Bonchev–Trinajstić information content (AvgIpc) is 2.65. The van der Waals surface area contributed by atoms with Crippen molar-refractivity contribution >= 4 is 16.8 Å². The number of nitrogens with zero attached hydrogens (tertiary/aromatic N) is 1. The highest BCUT2D eigenvalue weighted by Crippen LogP contribution is 2.29. The van der Waals surface area contributed by atoms with Crippen molar-refractivity contribution in [3.8, 4) is 5.75 Å². The highest BCUT2D eigenvalue weighted by atomic mass is 16.5. The third-order valence-electron chi connectivity index (χ3n) is 3.05. The maximum atomic E-state index is 11.0. The van der Waals surface area contributed by atoms with E-state index in [2.05, 4.69) is 0 Å². The number of methoxy groups -OCH3 is 1. The Morgan fingerprint density at radius 3 is 2.83 bits per heavy atom. The third kappa shape index (κ3) is 2.17. The second-order valence-electron chi connectivity index (χ2n) is 4.36. The first-order valence-corrected chi connectivity index (χ1v) is 5.69. The Morgan fingerprint density at radius 1 is 1.50 bits per heavy atom. The van der Waals surface area contributed by atoms with Gasteiger partial charge >= 0.3 is 0 Å². The lowest BCUT2D eigenvalue weighted by molar-refractivity contribution is -0.118. The van der Waals surface area contributed by atoms with Crippen LogP contribution in [0.4, 0.5) is 0 Å². The van der Waals surface area contributed by atoms with Crippen LogP contribution in [0.5, 0.6) is 5.75 Å². The summed E-state index contributed by atoms with van der Waals surface area (Å²) in [6.45, 7) is 0. The van der Waals surface area contributed by atoms with E-state index in [0.29, 0.717) is 0 Å². The molecule has 0 radical (unpaired) electrons. The lowest BCUT2D eigenvalue weighted by Gasteiger charge is -2.08. The van der Waals surface area contributed by atoms with Crippen molar-refractivity contribution < 1.29 is 9.53 Å². The fourth-order valence-electron chi connectivity index (χ4n) is 2.15. The molecule has 0 bridgehead atoms. The first kappa shape index (κ1) is 12.4. The number of nitrogens with two attached hydrogens (primary N) is 2. The second-order valence-corrected chi connectivity index (χ2v) is 4.36. The fraction of sp³-hybridized carbons (Fsp3) is 0.308. The fourth-order valence-corrected chi connectivity index (χ4v) is 2.15. The van der Waals surface area contributed by atoms with Crippen LogP contribution in [0.25, 0.3) is 10.9 Å². The Hall–Kier alpha value is -2.01. The molecule has 2 rings (SSSR count). The Labute approximate surface area is 105 Å². The van der Waals surface area contributed by atoms with Crippen LogP contribution in [0.3, 0.4) is 0 Å². The van der Waals surface area contributed by atoms with Gasteiger partial charge in [-0.3, -0.25) is 4.79 Å². The molecule has 5 nitrogen and oxygen atoms in total. The van der Waals surface area contributed by atoms with Crippen LogP contribution in [0.15, 0.2) is 24.4 Å². The number of fused-ring (bicyclic) bond motifs is 1. The SMILES string of the molecule is COc1ccc2c(c1)c(C(N)CC(N)=O)cn2C. The number of rotatable bonds is 4. The van der Waals surface area contributed by atoms with Gasteiger partial charge in [-0.05, 0) is 23.8 Å². The highest BCUT2D eigenvalue weighted by Gasteiger charge is 2.16. The monoisotopic (exact) mass is 247 g/mol. The Bertz CT molecular complexity index is 589. The van der Waals surface area contributed by atoms with Gasteiger partial charge in [0.05, 0.1) is 7.11 Å². The summed E-state index contributed by atoms with van der Waals surface area (Å²) in [7, 11) is 3.56. The van der Waals surface area contributed by atoms with E-state index in [9.17, 15) is 4.79 Å². The molecule has 5 heteroatoms. The molecule has 1 heterocycles. The number of carbonyl (C=O) groups excluding carboxylic acids is 1. The van der Waals surface area contributed by atoms with E-state index in [1.165, 1.54) is 0 Å². The summed E-state index contributed by atoms with van der Waals surface area (Å²) in [6.07, 6.45) is 2.06. The predicted molar refractivity (Wildman–Crippen MR) is 70.2 cm³/mol. The van der Waals surface area contributed by atoms with E-state index < -0.39 is 11.9 Å². The molecule has 0 spiro atoms. The van der Waals surface area contributed by atoms with Gasteiger partial charge in [0.2, 0.25) is 5.91 Å². The predicted octanol–water partition coefficient (Wildman–Crippen LogP) is 1.06. The van der Waals surface area contributed by atoms with Gasteiger partial charge < -0.3 is 20.8 Å². The summed E-state index contributed by atoms with van der Waals surface area (Å²) in [5.74, 6) is 0.364. The molecule has 0 aliphatic rings. The van der Waals surface area contributed by atoms with E-state index in [4.69, 9.17) is 16.2 Å². The molecule has 1 atom stereocenters. The molecular weight excluding hydrogens is 230 g/mol. The number of carbonyl (C=O) groups is 1. The van der Waals surface area contributed by atoms with E-state index >= 15 is 0 Å². The molecule has 2 aromatic rings. The van der Waals surface area contributed by atoms with Crippen molar-refractivity contribution in [1.29, 1.82) is 0 Å². The van der Waals surface area contributed by atoms with Crippen LogP contribution < -0.4 is 16.2 Å². The molecule has 96 valence electrons. The normalized spacial score (nSPS) is 12.6. The Morgan fingerprint density at radius 2 is 2.22 bits per heavy atom. The molecule has 0 aliphatic heterocycles. The van der Waals surface area contributed by atoms with Crippen LogP contribution >= 0.6 is 0 Å². The number of aryl methyl sites for hydroxylation is 1. The summed E-state index contributed by atoms with van der Waals surface area (Å²) in [5, 5.41) is 0.991. The molecule has 1 amide bonds. The molecule has 1 unspecified atom stereocenters. The number of aromatic nitrogens is 1. The van der Waals surface area contributed by atoms with E-state index in [1.807, 2.05) is 36.0 Å². The van der Waals surface area contributed by atoms with E-state index in [-0.39, 0.29) is 6.42 Å².